The summed E-state index contributed by atoms with van der Waals surface area (Å²) in [4.78, 5) is 27.7. The Morgan fingerprint density at radius 2 is 1.96 bits per heavy atom. The lowest BCUT2D eigenvalue weighted by atomic mass is 10.1. The number of methoxy groups -OCH3 is 1. The lowest BCUT2D eigenvalue weighted by Crippen LogP contribution is -2.31. The van der Waals surface area contributed by atoms with Crippen LogP contribution in [0, 0.1) is 5.41 Å². The number of urea groups is 1. The maximum Gasteiger partial charge on any atom is 0.320 e. The fraction of sp³-hybridized carbons (Fsp3) is 0.263. The van der Waals surface area contributed by atoms with Gasteiger partial charge in [-0.2, -0.15) is 0 Å². The minimum atomic E-state index is -0.511. The predicted molar refractivity (Wildman–Crippen MR) is 105 cm³/mol. The number of nitrogen functional groups attached to an aromatic ring is 1. The number of nitrogens with two attached hydrogens (primary N) is 1. The lowest BCUT2D eigenvalue weighted by molar-refractivity contribution is -0.142. The van der Waals surface area contributed by atoms with Crippen LogP contribution in [0.4, 0.5) is 16.3 Å². The normalized spacial score (nSPS) is 11.2. The molecular weight excluding hydrogens is 362 g/mol. The van der Waals surface area contributed by atoms with Crippen molar-refractivity contribution in [3.63, 3.8) is 0 Å². The first kappa shape index (κ1) is 20.7. The molecule has 2 aromatic rings. The van der Waals surface area contributed by atoms with Crippen molar-refractivity contribution in [2.24, 2.45) is 0 Å². The van der Waals surface area contributed by atoms with Gasteiger partial charge in [0.15, 0.2) is 0 Å². The lowest BCUT2D eigenvalue weighted by Gasteiger charge is -2.17. The van der Waals surface area contributed by atoms with Gasteiger partial charge in [-0.1, -0.05) is 30.3 Å². The van der Waals surface area contributed by atoms with Gasteiger partial charge in [0, 0.05) is 18.7 Å². The van der Waals surface area contributed by atoms with Crippen LogP contribution in [0.3, 0.4) is 0 Å². The molecule has 148 valence electrons. The van der Waals surface area contributed by atoms with E-state index in [2.05, 4.69) is 15.6 Å². The number of rotatable bonds is 6. The third kappa shape index (κ3) is 5.44. The van der Waals surface area contributed by atoms with Crippen molar-refractivity contribution in [2.45, 2.75) is 26.5 Å². The van der Waals surface area contributed by atoms with E-state index in [1.165, 1.54) is 20.1 Å². The highest BCUT2D eigenvalue weighted by molar-refractivity contribution is 5.99. The summed E-state index contributed by atoms with van der Waals surface area (Å²) in [6.07, 6.45) is 0. The van der Waals surface area contributed by atoms with E-state index >= 15 is 0 Å². The zero-order valence-corrected chi connectivity index (χ0v) is 15.9. The molecule has 0 aliphatic heterocycles. The Morgan fingerprint density at radius 3 is 2.57 bits per heavy atom. The third-order valence-corrected chi connectivity index (χ3v) is 3.86. The monoisotopic (exact) mass is 385 g/mol. The number of esters is 1. The van der Waals surface area contributed by atoms with Crippen LogP contribution in [0.5, 0.6) is 0 Å². The van der Waals surface area contributed by atoms with E-state index < -0.39 is 12.0 Å². The summed E-state index contributed by atoms with van der Waals surface area (Å²) in [5, 5.41) is 13.3. The molecule has 9 heteroatoms. The van der Waals surface area contributed by atoms with Crippen molar-refractivity contribution in [3.05, 3.63) is 53.2 Å². The van der Waals surface area contributed by atoms with Crippen LogP contribution in [0.2, 0.25) is 0 Å². The number of anilines is 2. The fourth-order valence-electron chi connectivity index (χ4n) is 2.50. The predicted octanol–water partition coefficient (Wildman–Crippen LogP) is 2.58. The molecular formula is C19H23N5O4. The van der Waals surface area contributed by atoms with Gasteiger partial charge in [0.2, 0.25) is 5.90 Å². The molecule has 0 spiro atoms. The SMILES string of the molecule is COC(=N)c1c(N)cc(NC(=O)N[C@H](C)c2ccccc2)nc1COC(C)=O. The number of hydrogen-bond donors (Lipinski definition) is 4. The van der Waals surface area contributed by atoms with Gasteiger partial charge in [-0.05, 0) is 12.5 Å². The Labute approximate surface area is 162 Å². The molecule has 1 aromatic heterocycles. The average Bonchev–Trinajstić information content (AvgIpc) is 2.66. The quantitative estimate of drug-likeness (QED) is 0.342. The minimum absolute atomic E-state index is 0.157. The number of pyridine rings is 1. The number of carbonyl (C=O) groups excluding carboxylic acids is 2. The second kappa shape index (κ2) is 9.36. The zero-order chi connectivity index (χ0) is 20.7. The molecule has 0 bridgehead atoms. The number of benzene rings is 1. The summed E-state index contributed by atoms with van der Waals surface area (Å²) >= 11 is 0. The van der Waals surface area contributed by atoms with Gasteiger partial charge < -0.3 is 20.5 Å². The molecule has 9 nitrogen and oxygen atoms in total. The van der Waals surface area contributed by atoms with Crippen molar-refractivity contribution in [1.29, 1.82) is 5.41 Å². The van der Waals surface area contributed by atoms with Crippen molar-refractivity contribution >= 4 is 29.4 Å². The number of amides is 2. The number of ether oxygens (including phenoxy) is 2. The summed E-state index contributed by atoms with van der Waals surface area (Å²) in [6.45, 7) is 2.90. The molecule has 0 radical (unpaired) electrons. The number of nitrogens with zero attached hydrogens (tertiary/aromatic N) is 1. The van der Waals surface area contributed by atoms with Gasteiger partial charge in [-0.15, -0.1) is 0 Å². The van der Waals surface area contributed by atoms with Crippen LogP contribution in [-0.2, 0) is 20.9 Å². The summed E-state index contributed by atoms with van der Waals surface area (Å²) < 4.78 is 9.87. The summed E-state index contributed by atoms with van der Waals surface area (Å²) in [5.74, 6) is -0.575. The topological polar surface area (TPSA) is 139 Å². The van der Waals surface area contributed by atoms with Gasteiger partial charge in [0.05, 0.1) is 24.4 Å². The van der Waals surface area contributed by atoms with Gasteiger partial charge in [0.25, 0.3) is 0 Å². The standard InChI is InChI=1S/C19H23N5O4/c1-11(13-7-5-4-6-8-13)22-19(26)24-16-9-14(20)17(18(21)27-3)15(23-16)10-28-12(2)25/h4-9,11,21H,10H2,1-3H3,(H4,20,22,23,24,26)/t11-/m1/s1. The Kier molecular flexibility index (Phi) is 6.91. The van der Waals surface area contributed by atoms with Crippen LogP contribution in [0.15, 0.2) is 36.4 Å². The molecule has 0 saturated heterocycles. The Bertz CT molecular complexity index is 870. The van der Waals surface area contributed by atoms with E-state index in [0.29, 0.717) is 0 Å². The molecule has 1 heterocycles. The highest BCUT2D eigenvalue weighted by Gasteiger charge is 2.18. The fourth-order valence-corrected chi connectivity index (χ4v) is 2.50. The van der Waals surface area contributed by atoms with E-state index in [0.717, 1.165) is 5.56 Å². The van der Waals surface area contributed by atoms with Crippen LogP contribution < -0.4 is 16.4 Å². The average molecular weight is 385 g/mol. The molecule has 2 rings (SSSR count). The van der Waals surface area contributed by atoms with E-state index in [1.54, 1.807) is 0 Å². The van der Waals surface area contributed by atoms with Crippen molar-refractivity contribution < 1.29 is 19.1 Å². The van der Waals surface area contributed by atoms with Crippen molar-refractivity contribution in [1.82, 2.24) is 10.3 Å². The van der Waals surface area contributed by atoms with E-state index in [1.807, 2.05) is 37.3 Å². The second-order valence-electron chi connectivity index (χ2n) is 5.96. The Balaban J connectivity index is 2.19. The largest absolute Gasteiger partial charge is 0.481 e. The molecule has 1 aromatic carbocycles. The van der Waals surface area contributed by atoms with Gasteiger partial charge in [-0.25, -0.2) is 9.78 Å². The van der Waals surface area contributed by atoms with Gasteiger partial charge >= 0.3 is 12.0 Å². The summed E-state index contributed by atoms with van der Waals surface area (Å²) in [5.41, 5.74) is 7.51. The molecule has 0 saturated carbocycles. The third-order valence-electron chi connectivity index (χ3n) is 3.86. The number of nitrogens with one attached hydrogen (secondary N) is 3. The van der Waals surface area contributed by atoms with Crippen LogP contribution >= 0.6 is 0 Å². The summed E-state index contributed by atoms with van der Waals surface area (Å²) in [6, 6.07) is 10.2. The summed E-state index contributed by atoms with van der Waals surface area (Å²) in [7, 11) is 1.32. The highest BCUT2D eigenvalue weighted by atomic mass is 16.5. The van der Waals surface area contributed by atoms with Gasteiger partial charge in [0.1, 0.15) is 12.4 Å². The molecule has 0 aliphatic rings. The molecule has 0 aliphatic carbocycles. The molecule has 0 fully saturated rings. The van der Waals surface area contributed by atoms with Crippen LogP contribution in [0.1, 0.15) is 36.7 Å². The zero-order valence-electron chi connectivity index (χ0n) is 15.9. The molecule has 5 N–H and O–H groups in total. The maximum atomic E-state index is 12.3. The van der Waals surface area contributed by atoms with Crippen molar-refractivity contribution in [3.8, 4) is 0 Å². The number of hydrogen-bond acceptors (Lipinski definition) is 7. The van der Waals surface area contributed by atoms with Gasteiger partial charge in [-0.3, -0.25) is 15.5 Å². The highest BCUT2D eigenvalue weighted by Crippen LogP contribution is 2.22. The number of aromatic nitrogens is 1. The van der Waals surface area contributed by atoms with Crippen molar-refractivity contribution in [2.75, 3.05) is 18.2 Å². The Hall–Kier alpha value is -3.62. The maximum absolute atomic E-state index is 12.3. The Morgan fingerprint density at radius 1 is 1.29 bits per heavy atom. The molecule has 28 heavy (non-hydrogen) atoms. The molecule has 2 amide bonds. The minimum Gasteiger partial charge on any atom is -0.481 e. The first-order valence-corrected chi connectivity index (χ1v) is 8.50. The van der Waals surface area contributed by atoms with E-state index in [4.69, 9.17) is 20.6 Å². The smallest absolute Gasteiger partial charge is 0.320 e. The molecule has 0 unspecified atom stereocenters. The first-order valence-electron chi connectivity index (χ1n) is 8.50. The first-order chi connectivity index (χ1) is 13.3. The van der Waals surface area contributed by atoms with Crippen LogP contribution in [0.25, 0.3) is 0 Å². The van der Waals surface area contributed by atoms with E-state index in [9.17, 15) is 9.59 Å². The second-order valence-corrected chi connectivity index (χ2v) is 5.96. The van der Waals surface area contributed by atoms with E-state index in [-0.39, 0.29) is 41.3 Å². The molecule has 1 atom stereocenters. The number of carbonyl (C=O) groups is 2. The van der Waals surface area contributed by atoms with Crippen LogP contribution in [-0.4, -0.2) is 30.0 Å².